The second-order valence-electron chi connectivity index (χ2n) is 5.51. The van der Waals surface area contributed by atoms with Gasteiger partial charge in [-0.1, -0.05) is 26.8 Å². The molecule has 0 heterocycles. The van der Waals surface area contributed by atoms with E-state index in [1.165, 1.54) is 0 Å². The van der Waals surface area contributed by atoms with E-state index in [0.29, 0.717) is 5.75 Å². The quantitative estimate of drug-likeness (QED) is 0.848. The molecule has 96 valence electrons. The molecule has 1 aromatic rings. The van der Waals surface area contributed by atoms with Crippen LogP contribution in [0.3, 0.4) is 0 Å². The van der Waals surface area contributed by atoms with Crippen LogP contribution in [0.4, 0.5) is 0 Å². The third-order valence-electron chi connectivity index (χ3n) is 2.91. The molecule has 2 atom stereocenters. The van der Waals surface area contributed by atoms with E-state index in [4.69, 9.17) is 10.5 Å². The van der Waals surface area contributed by atoms with Crippen LogP contribution in [0.25, 0.3) is 0 Å². The zero-order valence-electron chi connectivity index (χ0n) is 11.3. The smallest absolute Gasteiger partial charge is 0.124 e. The molecular formula is C14H23NO2. The second kappa shape index (κ2) is 5.07. The summed E-state index contributed by atoms with van der Waals surface area (Å²) in [6.45, 7) is 8.19. The van der Waals surface area contributed by atoms with Crippen LogP contribution >= 0.6 is 0 Å². The van der Waals surface area contributed by atoms with Crippen molar-refractivity contribution in [3.63, 3.8) is 0 Å². The van der Waals surface area contributed by atoms with E-state index in [0.717, 1.165) is 11.1 Å². The zero-order valence-corrected chi connectivity index (χ0v) is 11.3. The minimum Gasteiger partial charge on any atom is -0.496 e. The van der Waals surface area contributed by atoms with Gasteiger partial charge in [-0.3, -0.25) is 0 Å². The number of hydrogen-bond acceptors (Lipinski definition) is 3. The van der Waals surface area contributed by atoms with Crippen LogP contribution in [-0.4, -0.2) is 18.3 Å². The SMILES string of the molecule is COc1ccc(C(C)(C)C)cc1C(O)C(C)N. The lowest BCUT2D eigenvalue weighted by atomic mass is 9.85. The maximum atomic E-state index is 10.1. The molecule has 0 spiro atoms. The molecular weight excluding hydrogens is 214 g/mol. The summed E-state index contributed by atoms with van der Waals surface area (Å²) in [7, 11) is 1.60. The molecule has 1 rings (SSSR count). The van der Waals surface area contributed by atoms with E-state index < -0.39 is 6.10 Å². The lowest BCUT2D eigenvalue weighted by Crippen LogP contribution is -2.25. The fourth-order valence-corrected chi connectivity index (χ4v) is 1.72. The lowest BCUT2D eigenvalue weighted by molar-refractivity contribution is 0.149. The molecule has 0 saturated heterocycles. The van der Waals surface area contributed by atoms with Gasteiger partial charge in [0.25, 0.3) is 0 Å². The molecule has 3 heteroatoms. The number of aliphatic hydroxyl groups is 1. The summed E-state index contributed by atoms with van der Waals surface area (Å²) in [6.07, 6.45) is -0.702. The highest BCUT2D eigenvalue weighted by atomic mass is 16.5. The molecule has 3 N–H and O–H groups in total. The normalized spacial score (nSPS) is 15.5. The van der Waals surface area contributed by atoms with Crippen molar-refractivity contribution >= 4 is 0 Å². The third kappa shape index (κ3) is 3.20. The largest absolute Gasteiger partial charge is 0.496 e. The van der Waals surface area contributed by atoms with E-state index in [2.05, 4.69) is 20.8 Å². The highest BCUT2D eigenvalue weighted by Gasteiger charge is 2.21. The molecule has 0 aliphatic carbocycles. The summed E-state index contributed by atoms with van der Waals surface area (Å²) in [5.74, 6) is 0.683. The lowest BCUT2D eigenvalue weighted by Gasteiger charge is -2.24. The average molecular weight is 237 g/mol. The molecule has 0 aliphatic rings. The molecule has 0 saturated carbocycles. The van der Waals surface area contributed by atoms with Crippen molar-refractivity contribution in [2.45, 2.75) is 45.3 Å². The third-order valence-corrected chi connectivity index (χ3v) is 2.91. The molecule has 1 aromatic carbocycles. The van der Waals surface area contributed by atoms with Crippen molar-refractivity contribution < 1.29 is 9.84 Å². The van der Waals surface area contributed by atoms with Gasteiger partial charge in [0, 0.05) is 11.6 Å². The summed E-state index contributed by atoms with van der Waals surface area (Å²) in [5.41, 5.74) is 7.70. The van der Waals surface area contributed by atoms with Crippen molar-refractivity contribution in [1.82, 2.24) is 0 Å². The molecule has 0 aliphatic heterocycles. The molecule has 0 bridgehead atoms. The Hall–Kier alpha value is -1.06. The maximum absolute atomic E-state index is 10.1. The minimum absolute atomic E-state index is 0.0403. The van der Waals surface area contributed by atoms with Gasteiger partial charge < -0.3 is 15.6 Å². The molecule has 0 aromatic heterocycles. The fourth-order valence-electron chi connectivity index (χ4n) is 1.72. The van der Waals surface area contributed by atoms with Crippen molar-refractivity contribution in [2.75, 3.05) is 7.11 Å². The molecule has 0 amide bonds. The first-order chi connectivity index (χ1) is 7.77. The van der Waals surface area contributed by atoms with Crippen LogP contribution in [0.5, 0.6) is 5.75 Å². The average Bonchev–Trinajstić information content (AvgIpc) is 2.25. The first-order valence-electron chi connectivity index (χ1n) is 5.89. The summed E-state index contributed by atoms with van der Waals surface area (Å²) in [6, 6.07) is 5.57. The first-order valence-corrected chi connectivity index (χ1v) is 5.89. The predicted octanol–water partition coefficient (Wildman–Crippen LogP) is 2.37. The van der Waals surface area contributed by atoms with Gasteiger partial charge in [0.2, 0.25) is 0 Å². The predicted molar refractivity (Wildman–Crippen MR) is 70.3 cm³/mol. The summed E-state index contributed by atoms with van der Waals surface area (Å²) in [5, 5.41) is 10.1. The van der Waals surface area contributed by atoms with Gasteiger partial charge in [0.05, 0.1) is 13.2 Å². The fraction of sp³-hybridized carbons (Fsp3) is 0.571. The van der Waals surface area contributed by atoms with Crippen molar-refractivity contribution in [1.29, 1.82) is 0 Å². The van der Waals surface area contributed by atoms with E-state index in [-0.39, 0.29) is 11.5 Å². The van der Waals surface area contributed by atoms with Crippen molar-refractivity contribution in [3.05, 3.63) is 29.3 Å². The Labute approximate surface area is 104 Å². The van der Waals surface area contributed by atoms with Crippen LogP contribution in [-0.2, 0) is 5.41 Å². The van der Waals surface area contributed by atoms with E-state index in [1.807, 2.05) is 18.2 Å². The Morgan fingerprint density at radius 2 is 1.88 bits per heavy atom. The molecule has 2 unspecified atom stereocenters. The summed E-state index contributed by atoms with van der Waals surface area (Å²) < 4.78 is 5.27. The van der Waals surface area contributed by atoms with Gasteiger partial charge in [-0.05, 0) is 30.0 Å². The standard InChI is InChI=1S/C14H23NO2/c1-9(15)13(16)11-8-10(14(2,3)4)6-7-12(11)17-5/h6-9,13,16H,15H2,1-5H3. The second-order valence-corrected chi connectivity index (χ2v) is 5.51. The highest BCUT2D eigenvalue weighted by Crippen LogP contribution is 2.32. The van der Waals surface area contributed by atoms with Gasteiger partial charge in [0.15, 0.2) is 0 Å². The van der Waals surface area contributed by atoms with Crippen molar-refractivity contribution in [3.8, 4) is 5.75 Å². The number of rotatable bonds is 3. The van der Waals surface area contributed by atoms with Crippen LogP contribution in [0.1, 0.15) is 44.9 Å². The number of ether oxygens (including phenoxy) is 1. The monoisotopic (exact) mass is 237 g/mol. The minimum atomic E-state index is -0.702. The number of benzene rings is 1. The maximum Gasteiger partial charge on any atom is 0.124 e. The Bertz CT molecular complexity index is 380. The number of aliphatic hydroxyl groups excluding tert-OH is 1. The Kier molecular flexibility index (Phi) is 4.17. The van der Waals surface area contributed by atoms with Gasteiger partial charge in [-0.15, -0.1) is 0 Å². The highest BCUT2D eigenvalue weighted by molar-refractivity contribution is 5.41. The van der Waals surface area contributed by atoms with Gasteiger partial charge >= 0.3 is 0 Å². The topological polar surface area (TPSA) is 55.5 Å². The van der Waals surface area contributed by atoms with Crippen LogP contribution in [0, 0.1) is 0 Å². The van der Waals surface area contributed by atoms with Crippen LogP contribution < -0.4 is 10.5 Å². The number of hydrogen-bond donors (Lipinski definition) is 2. The van der Waals surface area contributed by atoms with Gasteiger partial charge in [-0.2, -0.15) is 0 Å². The molecule has 17 heavy (non-hydrogen) atoms. The summed E-state index contributed by atoms with van der Waals surface area (Å²) in [4.78, 5) is 0. The number of nitrogens with two attached hydrogens (primary N) is 1. The number of methoxy groups -OCH3 is 1. The van der Waals surface area contributed by atoms with Gasteiger partial charge in [0.1, 0.15) is 5.75 Å². The van der Waals surface area contributed by atoms with Gasteiger partial charge in [-0.25, -0.2) is 0 Å². The van der Waals surface area contributed by atoms with Crippen molar-refractivity contribution in [2.24, 2.45) is 5.73 Å². The molecule has 3 nitrogen and oxygen atoms in total. The Balaban J connectivity index is 3.25. The van der Waals surface area contributed by atoms with Crippen LogP contribution in [0.2, 0.25) is 0 Å². The molecule has 0 radical (unpaired) electrons. The summed E-state index contributed by atoms with van der Waals surface area (Å²) >= 11 is 0. The Morgan fingerprint density at radius 1 is 1.29 bits per heavy atom. The first kappa shape index (κ1) is 14.0. The van der Waals surface area contributed by atoms with E-state index in [9.17, 15) is 5.11 Å². The van der Waals surface area contributed by atoms with E-state index >= 15 is 0 Å². The van der Waals surface area contributed by atoms with E-state index in [1.54, 1.807) is 14.0 Å². The van der Waals surface area contributed by atoms with Crippen LogP contribution in [0.15, 0.2) is 18.2 Å². The zero-order chi connectivity index (χ0) is 13.2. The Morgan fingerprint density at radius 3 is 2.29 bits per heavy atom. The molecule has 0 fully saturated rings.